The van der Waals surface area contributed by atoms with Gasteiger partial charge in [0.2, 0.25) is 0 Å². The Morgan fingerprint density at radius 1 is 1.30 bits per heavy atom. The summed E-state index contributed by atoms with van der Waals surface area (Å²) in [6.07, 6.45) is 2.22. The number of ether oxygens (including phenoxy) is 1. The van der Waals surface area contributed by atoms with Crippen LogP contribution in [-0.4, -0.2) is 28.8 Å². The molecule has 1 aromatic rings. The number of aromatic hydroxyl groups is 1. The van der Waals surface area contributed by atoms with Crippen LogP contribution in [-0.2, 0) is 9.53 Å². The van der Waals surface area contributed by atoms with Crippen LogP contribution in [0.15, 0.2) is 24.3 Å². The van der Waals surface area contributed by atoms with Crippen molar-refractivity contribution in [2.24, 2.45) is 5.92 Å². The van der Waals surface area contributed by atoms with Crippen LogP contribution in [0.25, 0.3) is 0 Å². The summed E-state index contributed by atoms with van der Waals surface area (Å²) in [5.74, 6) is -1.33. The fraction of sp³-hybridized carbons (Fsp3) is 0.467. The van der Waals surface area contributed by atoms with Crippen LogP contribution in [0.2, 0.25) is 0 Å². The first-order valence-corrected chi connectivity index (χ1v) is 6.71. The van der Waals surface area contributed by atoms with Gasteiger partial charge in [-0.15, -0.1) is 0 Å². The Morgan fingerprint density at radius 2 is 2.00 bits per heavy atom. The Balaban J connectivity index is 2.42. The standard InChI is InChI=1S/C15H20O5/c1-2-11(6-5-9-14(17)18)10-20-15(19)12-7-3-4-8-13(12)16/h3-4,7-8,11,16H,2,5-6,9-10H2,1H3,(H,17,18). The van der Waals surface area contributed by atoms with Crippen LogP contribution in [0.1, 0.15) is 43.0 Å². The molecule has 0 fully saturated rings. The van der Waals surface area contributed by atoms with Gasteiger partial charge in [-0.2, -0.15) is 0 Å². The number of benzene rings is 1. The Labute approximate surface area is 118 Å². The van der Waals surface area contributed by atoms with E-state index in [1.807, 2.05) is 6.92 Å². The van der Waals surface area contributed by atoms with Gasteiger partial charge < -0.3 is 14.9 Å². The van der Waals surface area contributed by atoms with Gasteiger partial charge in [-0.1, -0.05) is 25.5 Å². The Kier molecular flexibility index (Phi) is 6.56. The van der Waals surface area contributed by atoms with E-state index in [9.17, 15) is 14.7 Å². The highest BCUT2D eigenvalue weighted by molar-refractivity contribution is 5.92. The summed E-state index contributed by atoms with van der Waals surface area (Å²) in [5, 5.41) is 18.1. The van der Waals surface area contributed by atoms with Gasteiger partial charge in [0.05, 0.1) is 6.61 Å². The summed E-state index contributed by atoms with van der Waals surface area (Å²) < 4.78 is 5.17. The van der Waals surface area contributed by atoms with Gasteiger partial charge >= 0.3 is 11.9 Å². The minimum atomic E-state index is -0.814. The lowest BCUT2D eigenvalue weighted by Crippen LogP contribution is -2.14. The molecule has 0 spiro atoms. The van der Waals surface area contributed by atoms with E-state index >= 15 is 0 Å². The molecule has 0 aliphatic carbocycles. The van der Waals surface area contributed by atoms with Crippen molar-refractivity contribution >= 4 is 11.9 Å². The third-order valence-corrected chi connectivity index (χ3v) is 3.15. The molecule has 1 aromatic carbocycles. The number of hydrogen-bond acceptors (Lipinski definition) is 4. The average Bonchev–Trinajstić information content (AvgIpc) is 2.42. The zero-order valence-electron chi connectivity index (χ0n) is 11.5. The quantitative estimate of drug-likeness (QED) is 0.715. The molecule has 0 aromatic heterocycles. The first-order valence-electron chi connectivity index (χ1n) is 6.71. The predicted molar refractivity (Wildman–Crippen MR) is 73.7 cm³/mol. The third-order valence-electron chi connectivity index (χ3n) is 3.15. The van der Waals surface area contributed by atoms with E-state index < -0.39 is 11.9 Å². The van der Waals surface area contributed by atoms with Gasteiger partial charge in [0.1, 0.15) is 11.3 Å². The number of phenolic OH excluding ortho intramolecular Hbond substituents is 1. The van der Waals surface area contributed by atoms with Crippen molar-refractivity contribution in [1.82, 2.24) is 0 Å². The number of phenols is 1. The number of hydrogen-bond donors (Lipinski definition) is 2. The molecule has 2 N–H and O–H groups in total. The Bertz CT molecular complexity index is 455. The number of rotatable bonds is 8. The molecule has 20 heavy (non-hydrogen) atoms. The molecule has 110 valence electrons. The molecule has 0 aliphatic rings. The second-order valence-electron chi connectivity index (χ2n) is 4.68. The number of carbonyl (C=O) groups excluding carboxylic acids is 1. The topological polar surface area (TPSA) is 83.8 Å². The summed E-state index contributed by atoms with van der Waals surface area (Å²) in [5.41, 5.74) is 0.146. The maximum atomic E-state index is 11.8. The largest absolute Gasteiger partial charge is 0.507 e. The maximum Gasteiger partial charge on any atom is 0.341 e. The van der Waals surface area contributed by atoms with Gasteiger partial charge in [0.15, 0.2) is 0 Å². The van der Waals surface area contributed by atoms with E-state index in [-0.39, 0.29) is 30.3 Å². The molecule has 0 saturated carbocycles. The SMILES string of the molecule is CCC(CCCC(=O)O)COC(=O)c1ccccc1O. The van der Waals surface area contributed by atoms with Crippen LogP contribution in [0, 0.1) is 5.92 Å². The van der Waals surface area contributed by atoms with Crippen molar-refractivity contribution in [2.45, 2.75) is 32.6 Å². The van der Waals surface area contributed by atoms with E-state index in [2.05, 4.69) is 0 Å². The monoisotopic (exact) mass is 280 g/mol. The average molecular weight is 280 g/mol. The smallest absolute Gasteiger partial charge is 0.341 e. The second-order valence-corrected chi connectivity index (χ2v) is 4.68. The van der Waals surface area contributed by atoms with Crippen molar-refractivity contribution in [3.05, 3.63) is 29.8 Å². The van der Waals surface area contributed by atoms with Gasteiger partial charge in [0.25, 0.3) is 0 Å². The summed E-state index contributed by atoms with van der Waals surface area (Å²) in [6, 6.07) is 6.22. The van der Waals surface area contributed by atoms with Gasteiger partial charge in [0, 0.05) is 6.42 Å². The maximum absolute atomic E-state index is 11.8. The summed E-state index contributed by atoms with van der Waals surface area (Å²) >= 11 is 0. The van der Waals surface area contributed by atoms with Crippen molar-refractivity contribution in [3.8, 4) is 5.75 Å². The molecule has 0 heterocycles. The molecule has 0 bridgehead atoms. The van der Waals surface area contributed by atoms with Crippen LogP contribution in [0.3, 0.4) is 0 Å². The molecule has 5 nitrogen and oxygen atoms in total. The third kappa shape index (κ3) is 5.30. The fourth-order valence-electron chi connectivity index (χ4n) is 1.86. The van der Waals surface area contributed by atoms with E-state index in [1.165, 1.54) is 12.1 Å². The van der Waals surface area contributed by atoms with Crippen LogP contribution >= 0.6 is 0 Å². The van der Waals surface area contributed by atoms with Crippen LogP contribution < -0.4 is 0 Å². The lowest BCUT2D eigenvalue weighted by molar-refractivity contribution is -0.137. The van der Waals surface area contributed by atoms with Gasteiger partial charge in [-0.25, -0.2) is 4.79 Å². The van der Waals surface area contributed by atoms with Gasteiger partial charge in [-0.05, 0) is 30.9 Å². The number of carboxylic acid groups (broad SMARTS) is 1. The zero-order chi connectivity index (χ0) is 15.0. The summed E-state index contributed by atoms with van der Waals surface area (Å²) in [4.78, 5) is 22.2. The van der Waals surface area contributed by atoms with Crippen molar-refractivity contribution in [2.75, 3.05) is 6.61 Å². The van der Waals surface area contributed by atoms with E-state index in [0.717, 1.165) is 6.42 Å². The first kappa shape index (κ1) is 16.0. The summed E-state index contributed by atoms with van der Waals surface area (Å²) in [7, 11) is 0. The highest BCUT2D eigenvalue weighted by Crippen LogP contribution is 2.18. The van der Waals surface area contributed by atoms with Crippen molar-refractivity contribution in [1.29, 1.82) is 0 Å². The van der Waals surface area contributed by atoms with Gasteiger partial charge in [-0.3, -0.25) is 4.79 Å². The highest BCUT2D eigenvalue weighted by atomic mass is 16.5. The van der Waals surface area contributed by atoms with Crippen molar-refractivity contribution < 1.29 is 24.5 Å². The number of carboxylic acids is 1. The fourth-order valence-corrected chi connectivity index (χ4v) is 1.86. The second kappa shape index (κ2) is 8.19. The molecule has 0 radical (unpaired) electrons. The predicted octanol–water partition coefficient (Wildman–Crippen LogP) is 2.83. The lowest BCUT2D eigenvalue weighted by atomic mass is 10.0. The van der Waals surface area contributed by atoms with Crippen LogP contribution in [0.4, 0.5) is 0 Å². The Hall–Kier alpha value is -2.04. The molecule has 0 amide bonds. The molecule has 0 aliphatic heterocycles. The lowest BCUT2D eigenvalue weighted by Gasteiger charge is -2.14. The number of para-hydroxylation sites is 1. The number of carbonyl (C=O) groups is 2. The zero-order valence-corrected chi connectivity index (χ0v) is 11.5. The molecule has 5 heteroatoms. The number of esters is 1. The highest BCUT2D eigenvalue weighted by Gasteiger charge is 2.15. The minimum absolute atomic E-state index is 0.101. The van der Waals surface area contributed by atoms with Crippen LogP contribution in [0.5, 0.6) is 5.75 Å². The first-order chi connectivity index (χ1) is 9.54. The molecular weight excluding hydrogens is 260 g/mol. The van der Waals surface area contributed by atoms with E-state index in [0.29, 0.717) is 12.8 Å². The Morgan fingerprint density at radius 3 is 2.60 bits per heavy atom. The normalized spacial score (nSPS) is 11.8. The van der Waals surface area contributed by atoms with E-state index in [4.69, 9.17) is 9.84 Å². The molecule has 1 rings (SSSR count). The minimum Gasteiger partial charge on any atom is -0.507 e. The van der Waals surface area contributed by atoms with Crippen molar-refractivity contribution in [3.63, 3.8) is 0 Å². The molecule has 1 unspecified atom stereocenters. The molecule has 1 atom stereocenters. The van der Waals surface area contributed by atoms with E-state index in [1.54, 1.807) is 12.1 Å². The number of aliphatic carboxylic acids is 1. The summed E-state index contributed by atoms with van der Waals surface area (Å²) in [6.45, 7) is 2.21. The molecular formula is C15H20O5. The molecule has 0 saturated heterocycles.